The Bertz CT molecular complexity index is 1220. The third kappa shape index (κ3) is 3.73. The summed E-state index contributed by atoms with van der Waals surface area (Å²) < 4.78 is 12.4. The lowest BCUT2D eigenvalue weighted by molar-refractivity contribution is 0.101. The van der Waals surface area contributed by atoms with E-state index in [1.54, 1.807) is 43.3 Å². The Morgan fingerprint density at radius 3 is 2.70 bits per heavy atom. The first-order chi connectivity index (χ1) is 14.6. The van der Waals surface area contributed by atoms with Crippen LogP contribution in [0.4, 0.5) is 0 Å². The number of benzene rings is 2. The molecule has 4 aromatic rings. The molecule has 0 aliphatic rings. The zero-order valence-electron chi connectivity index (χ0n) is 16.8. The third-order valence-corrected chi connectivity index (χ3v) is 5.73. The maximum Gasteiger partial charge on any atom is 0.176 e. The number of ketones is 1. The Morgan fingerprint density at radius 1 is 1.10 bits per heavy atom. The highest BCUT2D eigenvalue weighted by Gasteiger charge is 2.17. The van der Waals surface area contributed by atoms with Crippen LogP contribution in [0.3, 0.4) is 0 Å². The zero-order valence-corrected chi connectivity index (χ0v) is 17.6. The van der Waals surface area contributed by atoms with Crippen LogP contribution in [0.1, 0.15) is 15.9 Å². The Balaban J connectivity index is 1.61. The molecule has 0 aliphatic heterocycles. The van der Waals surface area contributed by atoms with E-state index >= 15 is 0 Å². The Hall–Kier alpha value is -3.39. The molecule has 0 N–H and O–H groups in total. The number of para-hydroxylation sites is 1. The van der Waals surface area contributed by atoms with Crippen LogP contribution in [-0.4, -0.2) is 45.5 Å². The van der Waals surface area contributed by atoms with Crippen molar-refractivity contribution in [1.82, 2.24) is 19.7 Å². The minimum absolute atomic E-state index is 0.0752. The fraction of sp³-hybridized carbons (Fsp3) is 0.182. The van der Waals surface area contributed by atoms with Gasteiger partial charge in [0.2, 0.25) is 0 Å². The van der Waals surface area contributed by atoms with E-state index < -0.39 is 0 Å². The van der Waals surface area contributed by atoms with Gasteiger partial charge in [-0.2, -0.15) is 5.10 Å². The predicted molar refractivity (Wildman–Crippen MR) is 116 cm³/mol. The molecular weight excluding hydrogens is 400 g/mol. The average molecular weight is 420 g/mol. The molecule has 30 heavy (non-hydrogen) atoms. The van der Waals surface area contributed by atoms with Crippen molar-refractivity contribution in [2.24, 2.45) is 0 Å². The van der Waals surface area contributed by atoms with Crippen molar-refractivity contribution >= 4 is 28.6 Å². The fourth-order valence-corrected chi connectivity index (χ4v) is 4.00. The van der Waals surface area contributed by atoms with E-state index in [9.17, 15) is 4.79 Å². The topological polar surface area (TPSA) is 79.1 Å². The Morgan fingerprint density at radius 2 is 1.93 bits per heavy atom. The van der Waals surface area contributed by atoms with E-state index in [4.69, 9.17) is 9.47 Å². The second-order valence-electron chi connectivity index (χ2n) is 6.54. The molecule has 0 aliphatic carbocycles. The molecule has 0 radical (unpaired) electrons. The Labute approximate surface area is 178 Å². The summed E-state index contributed by atoms with van der Waals surface area (Å²) in [5.41, 5.74) is 3.23. The molecule has 7 nitrogen and oxygen atoms in total. The van der Waals surface area contributed by atoms with Gasteiger partial charge in [0, 0.05) is 0 Å². The number of aromatic nitrogens is 4. The molecular formula is C22H20N4O3S. The summed E-state index contributed by atoms with van der Waals surface area (Å²) in [6, 6.07) is 13.2. The number of hydrogen-bond donors (Lipinski definition) is 0. The third-order valence-electron chi connectivity index (χ3n) is 4.72. The monoisotopic (exact) mass is 420 g/mol. The lowest BCUT2D eigenvalue weighted by Crippen LogP contribution is -2.06. The summed E-state index contributed by atoms with van der Waals surface area (Å²) >= 11 is 1.35. The van der Waals surface area contributed by atoms with E-state index in [0.717, 1.165) is 16.6 Å². The summed E-state index contributed by atoms with van der Waals surface area (Å²) in [5, 5.41) is 6.01. The van der Waals surface area contributed by atoms with Gasteiger partial charge in [-0.25, -0.2) is 14.6 Å². The van der Waals surface area contributed by atoms with Gasteiger partial charge in [-0.15, -0.1) is 0 Å². The normalized spacial score (nSPS) is 10.9. The van der Waals surface area contributed by atoms with Gasteiger partial charge in [0.1, 0.15) is 22.9 Å². The number of rotatable bonds is 7. The average Bonchev–Trinajstić information content (AvgIpc) is 3.21. The lowest BCUT2D eigenvalue weighted by Gasteiger charge is -2.09. The van der Waals surface area contributed by atoms with Crippen LogP contribution in [0.5, 0.6) is 11.5 Å². The lowest BCUT2D eigenvalue weighted by atomic mass is 10.1. The first kappa shape index (κ1) is 19.9. The van der Waals surface area contributed by atoms with Gasteiger partial charge in [0.05, 0.1) is 42.8 Å². The molecule has 152 valence electrons. The van der Waals surface area contributed by atoms with Crippen molar-refractivity contribution in [3.63, 3.8) is 0 Å². The summed E-state index contributed by atoms with van der Waals surface area (Å²) in [7, 11) is 3.11. The highest BCUT2D eigenvalue weighted by Crippen LogP contribution is 2.29. The molecule has 8 heteroatoms. The summed E-state index contributed by atoms with van der Waals surface area (Å²) in [5.74, 6) is 1.24. The molecule has 0 bridgehead atoms. The molecule has 0 fully saturated rings. The van der Waals surface area contributed by atoms with E-state index in [-0.39, 0.29) is 11.5 Å². The quantitative estimate of drug-likeness (QED) is 0.253. The second-order valence-corrected chi connectivity index (χ2v) is 7.50. The van der Waals surface area contributed by atoms with Crippen molar-refractivity contribution < 1.29 is 14.3 Å². The number of carbonyl (C=O) groups excluding carboxylic acids is 1. The maximum absolute atomic E-state index is 12.9. The van der Waals surface area contributed by atoms with Gasteiger partial charge in [0.25, 0.3) is 0 Å². The number of fused-ring (bicyclic) bond motifs is 1. The van der Waals surface area contributed by atoms with Crippen molar-refractivity contribution in [2.45, 2.75) is 11.9 Å². The molecule has 2 aromatic heterocycles. The largest absolute Gasteiger partial charge is 0.497 e. The molecule has 2 aromatic carbocycles. The van der Waals surface area contributed by atoms with Crippen LogP contribution in [0.2, 0.25) is 0 Å². The maximum atomic E-state index is 12.9. The molecule has 0 unspecified atom stereocenters. The van der Waals surface area contributed by atoms with Crippen LogP contribution in [0, 0.1) is 6.92 Å². The number of carbonyl (C=O) groups is 1. The molecule has 0 atom stereocenters. The number of aryl methyl sites for hydroxylation is 1. The summed E-state index contributed by atoms with van der Waals surface area (Å²) in [6.45, 7) is 2.03. The number of ether oxygens (including phenoxy) is 2. The van der Waals surface area contributed by atoms with Crippen LogP contribution in [-0.2, 0) is 0 Å². The highest BCUT2D eigenvalue weighted by atomic mass is 32.2. The zero-order chi connectivity index (χ0) is 21.1. The van der Waals surface area contributed by atoms with Gasteiger partial charge in [-0.05, 0) is 36.8 Å². The van der Waals surface area contributed by atoms with E-state index in [0.29, 0.717) is 27.7 Å². The summed E-state index contributed by atoms with van der Waals surface area (Å²) in [4.78, 5) is 21.6. The second kappa shape index (κ2) is 8.54. The number of thioether (sulfide) groups is 1. The van der Waals surface area contributed by atoms with Crippen LogP contribution in [0.25, 0.3) is 16.7 Å². The van der Waals surface area contributed by atoms with Crippen molar-refractivity contribution in [1.29, 1.82) is 0 Å². The first-order valence-electron chi connectivity index (χ1n) is 9.25. The van der Waals surface area contributed by atoms with Gasteiger partial charge in [-0.3, -0.25) is 4.79 Å². The number of nitrogens with zero attached hydrogens (tertiary/aromatic N) is 4. The van der Waals surface area contributed by atoms with E-state index in [1.807, 2.05) is 31.2 Å². The SMILES string of the molecule is COc1ccc(OC)c(C(=O)CSc2ncnc3c2cnn3-c2ccccc2C)c1. The number of hydrogen-bond acceptors (Lipinski definition) is 7. The van der Waals surface area contributed by atoms with Gasteiger partial charge in [0.15, 0.2) is 11.4 Å². The predicted octanol–water partition coefficient (Wildman–Crippen LogP) is 4.12. The molecule has 0 amide bonds. The molecule has 0 saturated carbocycles. The number of Topliss-reactive ketones (excluding diaryl/α,β-unsaturated/α-hetero) is 1. The molecule has 4 rings (SSSR count). The van der Waals surface area contributed by atoms with Crippen molar-refractivity contribution in [2.75, 3.05) is 20.0 Å². The smallest absolute Gasteiger partial charge is 0.176 e. The van der Waals surface area contributed by atoms with Crippen LogP contribution < -0.4 is 9.47 Å². The highest BCUT2D eigenvalue weighted by molar-refractivity contribution is 8.00. The van der Waals surface area contributed by atoms with Crippen molar-refractivity contribution in [3.8, 4) is 17.2 Å². The first-order valence-corrected chi connectivity index (χ1v) is 10.2. The fourth-order valence-electron chi connectivity index (χ4n) is 3.16. The minimum Gasteiger partial charge on any atom is -0.497 e. The van der Waals surface area contributed by atoms with Gasteiger partial charge in [-0.1, -0.05) is 30.0 Å². The van der Waals surface area contributed by atoms with Gasteiger partial charge < -0.3 is 9.47 Å². The molecule has 2 heterocycles. The molecule has 0 saturated heterocycles. The standard InChI is InChI=1S/C22H20N4O3S/c1-14-6-4-5-7-18(14)26-21-17(11-25-26)22(24-13-23-21)30-12-19(27)16-10-15(28-2)8-9-20(16)29-3/h4-11,13H,12H2,1-3H3. The van der Waals surface area contributed by atoms with E-state index in [2.05, 4.69) is 15.1 Å². The van der Waals surface area contributed by atoms with E-state index in [1.165, 1.54) is 18.1 Å². The molecule has 0 spiro atoms. The van der Waals surface area contributed by atoms with Gasteiger partial charge >= 0.3 is 0 Å². The Kier molecular flexibility index (Phi) is 5.67. The van der Waals surface area contributed by atoms with Crippen molar-refractivity contribution in [3.05, 3.63) is 66.1 Å². The summed E-state index contributed by atoms with van der Waals surface area (Å²) in [6.07, 6.45) is 3.23. The van der Waals surface area contributed by atoms with Crippen LogP contribution in [0.15, 0.2) is 60.0 Å². The minimum atomic E-state index is -0.0752. The van der Waals surface area contributed by atoms with Crippen LogP contribution >= 0.6 is 11.8 Å². The number of methoxy groups -OCH3 is 2.